The van der Waals surface area contributed by atoms with Crippen molar-refractivity contribution in [2.45, 2.75) is 87.0 Å². The molecular weight excluding hydrogens is 614 g/mol. The summed E-state index contributed by atoms with van der Waals surface area (Å²) in [6.45, 7) is 3.31. The van der Waals surface area contributed by atoms with E-state index in [1.165, 1.54) is 0 Å². The van der Waals surface area contributed by atoms with Gasteiger partial charge in [0.1, 0.15) is 5.72 Å². The Labute approximate surface area is 239 Å². The zero-order chi connectivity index (χ0) is 31.8. The van der Waals surface area contributed by atoms with Crippen LogP contribution in [0.15, 0.2) is 0 Å². The monoisotopic (exact) mass is 643 g/mol. The average molecular weight is 644 g/mol. The van der Waals surface area contributed by atoms with Crippen LogP contribution in [-0.2, 0) is 63.4 Å². The number of imide groups is 2. The molecular formula is C21H29N3O16S2. The quantitative estimate of drug-likeness (QED) is 0.161. The summed E-state index contributed by atoms with van der Waals surface area (Å²) in [5.41, 5.74) is -2.35. The molecule has 3 aliphatic rings. The molecule has 0 spiro atoms. The summed E-state index contributed by atoms with van der Waals surface area (Å²) in [6, 6.07) is 0. The molecule has 2 atom stereocenters. The maximum absolute atomic E-state index is 12.3. The van der Waals surface area contributed by atoms with Gasteiger partial charge in [0.25, 0.3) is 43.9 Å². The van der Waals surface area contributed by atoms with E-state index in [0.717, 1.165) is 5.06 Å². The van der Waals surface area contributed by atoms with E-state index in [1.54, 1.807) is 13.8 Å². The van der Waals surface area contributed by atoms with Crippen LogP contribution in [0.4, 0.5) is 0 Å². The molecule has 3 rings (SSSR count). The molecule has 4 amide bonds. The highest BCUT2D eigenvalue weighted by molar-refractivity contribution is 7.87. The van der Waals surface area contributed by atoms with E-state index >= 15 is 0 Å². The molecule has 19 nitrogen and oxygen atoms in total. The lowest BCUT2D eigenvalue weighted by Crippen LogP contribution is -2.50. The number of ether oxygens (including phenoxy) is 1. The van der Waals surface area contributed by atoms with Crippen molar-refractivity contribution in [1.82, 2.24) is 15.2 Å². The van der Waals surface area contributed by atoms with E-state index in [4.69, 9.17) is 13.8 Å². The van der Waals surface area contributed by atoms with E-state index in [-0.39, 0.29) is 42.4 Å². The second-order valence-electron chi connectivity index (χ2n) is 10.5. The summed E-state index contributed by atoms with van der Waals surface area (Å²) in [4.78, 5) is 81.7. The van der Waals surface area contributed by atoms with Gasteiger partial charge < -0.3 is 19.6 Å². The van der Waals surface area contributed by atoms with E-state index in [9.17, 15) is 50.8 Å². The Hall–Kier alpha value is -3.08. The normalized spacial score (nSPS) is 26.8. The van der Waals surface area contributed by atoms with Crippen LogP contribution in [0.1, 0.15) is 65.2 Å². The molecule has 2 unspecified atom stereocenters. The molecule has 0 radical (unpaired) electrons. The molecule has 3 aliphatic heterocycles. The SMILES string of the molecule is CC1(C)COC(CCCC(=O)ON2C(=O)CC(S(=O)(=O)O)C2=O)(CCCC(=O)ON2C(=O)CC(S(=O)(=O)O)C2=O)N1O. The Balaban J connectivity index is 1.55. The van der Waals surface area contributed by atoms with Crippen molar-refractivity contribution in [3.05, 3.63) is 0 Å². The van der Waals surface area contributed by atoms with Crippen LogP contribution in [0.5, 0.6) is 0 Å². The van der Waals surface area contributed by atoms with Crippen LogP contribution in [0.2, 0.25) is 0 Å². The van der Waals surface area contributed by atoms with Crippen LogP contribution in [-0.4, -0.2) is 110 Å². The molecule has 21 heteroatoms. The van der Waals surface area contributed by atoms with Gasteiger partial charge in [0.05, 0.1) is 25.0 Å². The van der Waals surface area contributed by atoms with Crippen molar-refractivity contribution in [3.63, 3.8) is 0 Å². The third-order valence-electron chi connectivity index (χ3n) is 6.78. The Morgan fingerprint density at radius 3 is 1.50 bits per heavy atom. The van der Waals surface area contributed by atoms with Gasteiger partial charge in [-0.2, -0.15) is 21.9 Å². The average Bonchev–Trinajstić information content (AvgIpc) is 3.39. The van der Waals surface area contributed by atoms with Crippen molar-refractivity contribution in [1.29, 1.82) is 0 Å². The highest BCUT2D eigenvalue weighted by atomic mass is 32.2. The molecule has 236 valence electrons. The first-order valence-electron chi connectivity index (χ1n) is 12.4. The first-order chi connectivity index (χ1) is 19.2. The largest absolute Gasteiger partial charge is 0.356 e. The minimum atomic E-state index is -4.90. The van der Waals surface area contributed by atoms with Gasteiger partial charge >= 0.3 is 11.9 Å². The van der Waals surface area contributed by atoms with Gasteiger partial charge in [-0.1, -0.05) is 0 Å². The fourth-order valence-electron chi connectivity index (χ4n) is 4.60. The molecule has 0 aromatic rings. The minimum absolute atomic E-state index is 0.0278. The fourth-order valence-corrected chi connectivity index (χ4v) is 6.01. The predicted molar refractivity (Wildman–Crippen MR) is 130 cm³/mol. The maximum atomic E-state index is 12.3. The number of rotatable bonds is 12. The predicted octanol–water partition coefficient (Wildman–Crippen LogP) is -1.53. The van der Waals surface area contributed by atoms with Gasteiger partial charge in [0.15, 0.2) is 10.5 Å². The van der Waals surface area contributed by atoms with Crippen molar-refractivity contribution in [2.75, 3.05) is 6.61 Å². The van der Waals surface area contributed by atoms with Gasteiger partial charge in [-0.3, -0.25) is 28.3 Å². The molecule has 0 aromatic carbocycles. The van der Waals surface area contributed by atoms with Crippen LogP contribution in [0.25, 0.3) is 0 Å². The summed E-state index contributed by atoms with van der Waals surface area (Å²) in [7, 11) is -9.80. The van der Waals surface area contributed by atoms with Gasteiger partial charge in [-0.15, -0.1) is 10.1 Å². The highest BCUT2D eigenvalue weighted by Gasteiger charge is 2.52. The topological polar surface area (TPSA) is 269 Å². The van der Waals surface area contributed by atoms with Crippen LogP contribution < -0.4 is 0 Å². The van der Waals surface area contributed by atoms with E-state index in [2.05, 4.69) is 9.68 Å². The van der Waals surface area contributed by atoms with Gasteiger partial charge in [0.2, 0.25) is 0 Å². The Morgan fingerprint density at radius 1 is 0.833 bits per heavy atom. The molecule has 3 fully saturated rings. The van der Waals surface area contributed by atoms with Crippen molar-refractivity contribution >= 4 is 55.8 Å². The van der Waals surface area contributed by atoms with Crippen LogP contribution in [0, 0.1) is 0 Å². The molecule has 0 aromatic heterocycles. The molecule has 3 saturated heterocycles. The third kappa shape index (κ3) is 7.10. The first kappa shape index (κ1) is 33.4. The minimum Gasteiger partial charge on any atom is -0.356 e. The molecule has 0 aliphatic carbocycles. The van der Waals surface area contributed by atoms with Gasteiger partial charge in [-0.25, -0.2) is 9.59 Å². The van der Waals surface area contributed by atoms with Crippen LogP contribution in [0.3, 0.4) is 0 Å². The number of hydrogen-bond donors (Lipinski definition) is 3. The standard InChI is InChI=1S/C21H29N3O16S2/c1-20(2)11-38-21(24(20)31,7-3-5-16(27)39-22-14(25)9-12(18(22)29)41(32,33)34)8-4-6-17(28)40-23-15(26)10-13(19(23)30)42(35,36)37/h12-13,31H,3-11H2,1-2H3,(H,32,33,34)(H,35,36,37). The molecule has 0 bridgehead atoms. The van der Waals surface area contributed by atoms with Gasteiger partial charge in [-0.05, 0) is 39.5 Å². The van der Waals surface area contributed by atoms with E-state index in [1.807, 2.05) is 0 Å². The summed E-state index contributed by atoms with van der Waals surface area (Å²) in [5.74, 6) is -7.34. The zero-order valence-corrected chi connectivity index (χ0v) is 24.0. The highest BCUT2D eigenvalue weighted by Crippen LogP contribution is 2.40. The molecule has 42 heavy (non-hydrogen) atoms. The summed E-state index contributed by atoms with van der Waals surface area (Å²) >= 11 is 0. The molecule has 3 heterocycles. The van der Waals surface area contributed by atoms with Crippen molar-refractivity contribution in [2.24, 2.45) is 0 Å². The second kappa shape index (κ2) is 11.9. The second-order valence-corrected chi connectivity index (χ2v) is 13.7. The number of nitrogens with zero attached hydrogens (tertiary/aromatic N) is 3. The summed E-state index contributed by atoms with van der Waals surface area (Å²) < 4.78 is 68.8. The number of hydrogen-bond acceptors (Lipinski definition) is 15. The lowest BCUT2D eigenvalue weighted by atomic mass is 9.96. The number of carbonyl (C=O) groups is 6. The summed E-state index contributed by atoms with van der Waals surface area (Å²) in [5, 5.41) is 7.47. The van der Waals surface area contributed by atoms with Crippen LogP contribution >= 0.6 is 0 Å². The van der Waals surface area contributed by atoms with E-state index < -0.39 is 103 Å². The molecule has 3 N–H and O–H groups in total. The number of amides is 4. The Kier molecular flexibility index (Phi) is 9.47. The number of hydroxylamine groups is 6. The smallest absolute Gasteiger partial charge is 0.333 e. The third-order valence-corrected chi connectivity index (χ3v) is 8.95. The molecule has 0 saturated carbocycles. The van der Waals surface area contributed by atoms with Gasteiger partial charge in [0, 0.05) is 12.8 Å². The van der Waals surface area contributed by atoms with Crippen molar-refractivity contribution < 1.29 is 74.3 Å². The number of carbonyl (C=O) groups excluding carboxylic acids is 6. The van der Waals surface area contributed by atoms with E-state index in [0.29, 0.717) is 0 Å². The Morgan fingerprint density at radius 2 is 1.21 bits per heavy atom. The Bertz CT molecular complexity index is 1300. The fraction of sp³-hybridized carbons (Fsp3) is 0.714. The lowest BCUT2D eigenvalue weighted by Gasteiger charge is -2.37. The van der Waals surface area contributed by atoms with Crippen molar-refractivity contribution in [3.8, 4) is 0 Å². The maximum Gasteiger partial charge on any atom is 0.333 e. The zero-order valence-electron chi connectivity index (χ0n) is 22.3. The summed E-state index contributed by atoms with van der Waals surface area (Å²) in [6.07, 6.45) is -2.87. The lowest BCUT2D eigenvalue weighted by molar-refractivity contribution is -0.256. The first-order valence-corrected chi connectivity index (χ1v) is 15.4.